The molecule has 0 fully saturated rings. The topological polar surface area (TPSA) is 118 Å². The first-order valence-electron chi connectivity index (χ1n) is 5.84. The number of benzene rings is 1. The molecular weight excluding hydrogens is 268 g/mol. The molecule has 2 aromatic rings. The number of rotatable bonds is 3. The van der Waals surface area contributed by atoms with Crippen LogP contribution in [0.5, 0.6) is 0 Å². The van der Waals surface area contributed by atoms with Gasteiger partial charge in [0, 0.05) is 5.69 Å². The normalized spacial score (nSPS) is 9.19. The summed E-state index contributed by atoms with van der Waals surface area (Å²) < 4.78 is 1.51. The first-order valence-corrected chi connectivity index (χ1v) is 5.84. The van der Waals surface area contributed by atoms with Gasteiger partial charge in [-0.15, -0.1) is 0 Å². The second-order valence-corrected chi connectivity index (χ2v) is 3.97. The lowest BCUT2D eigenvalue weighted by atomic mass is 10.2. The predicted molar refractivity (Wildman–Crippen MR) is 71.9 cm³/mol. The summed E-state index contributed by atoms with van der Waals surface area (Å²) in [5.41, 5.74) is 1.18. The molecule has 1 amide bonds. The molecule has 1 heterocycles. The maximum Gasteiger partial charge on any atom is 0.239 e. The summed E-state index contributed by atoms with van der Waals surface area (Å²) in [6.45, 7) is 0. The van der Waals surface area contributed by atoms with Crippen molar-refractivity contribution < 1.29 is 4.79 Å². The van der Waals surface area contributed by atoms with Gasteiger partial charge in [0.25, 0.3) is 0 Å². The van der Waals surface area contributed by atoms with Crippen LogP contribution in [0.1, 0.15) is 17.7 Å². The van der Waals surface area contributed by atoms with Crippen LogP contribution in [0.25, 0.3) is 5.69 Å². The van der Waals surface area contributed by atoms with Gasteiger partial charge in [-0.25, -0.2) is 4.98 Å². The van der Waals surface area contributed by atoms with Gasteiger partial charge in [-0.1, -0.05) is 0 Å². The molecule has 7 heteroatoms. The van der Waals surface area contributed by atoms with Crippen LogP contribution in [0.2, 0.25) is 0 Å². The fourth-order valence-corrected chi connectivity index (χ4v) is 1.69. The van der Waals surface area contributed by atoms with Crippen molar-refractivity contribution in [1.29, 1.82) is 15.8 Å². The lowest BCUT2D eigenvalue weighted by Crippen LogP contribution is -2.14. The number of nitrogens with one attached hydrogen (secondary N) is 1. The van der Waals surface area contributed by atoms with E-state index >= 15 is 0 Å². The highest BCUT2D eigenvalue weighted by Crippen LogP contribution is 2.20. The van der Waals surface area contributed by atoms with Crippen LogP contribution in [0.4, 0.5) is 5.82 Å². The van der Waals surface area contributed by atoms with E-state index in [1.807, 2.05) is 12.1 Å². The van der Waals surface area contributed by atoms with E-state index in [2.05, 4.69) is 10.3 Å². The smallest absolute Gasteiger partial charge is 0.239 e. The summed E-state index contributed by atoms with van der Waals surface area (Å²) in [5.74, 6) is -0.327. The van der Waals surface area contributed by atoms with E-state index in [-0.39, 0.29) is 17.9 Å². The van der Waals surface area contributed by atoms with E-state index < -0.39 is 5.91 Å². The summed E-state index contributed by atoms with van der Waals surface area (Å²) in [7, 11) is 0. The van der Waals surface area contributed by atoms with Crippen molar-refractivity contribution >= 4 is 11.7 Å². The second kappa shape index (κ2) is 6.01. The Morgan fingerprint density at radius 3 is 2.48 bits per heavy atom. The minimum atomic E-state index is -0.524. The Balaban J connectivity index is 2.42. The van der Waals surface area contributed by atoms with Crippen LogP contribution >= 0.6 is 0 Å². The van der Waals surface area contributed by atoms with Crippen molar-refractivity contribution in [2.75, 3.05) is 5.32 Å². The summed E-state index contributed by atoms with van der Waals surface area (Å²) in [6.07, 6.45) is 1.07. The summed E-state index contributed by atoms with van der Waals surface area (Å²) >= 11 is 0. The van der Waals surface area contributed by atoms with Gasteiger partial charge in [0.05, 0.1) is 17.7 Å². The third-order valence-electron chi connectivity index (χ3n) is 2.65. The molecule has 1 N–H and O–H groups in total. The highest BCUT2D eigenvalue weighted by Gasteiger charge is 2.14. The van der Waals surface area contributed by atoms with Crippen LogP contribution in [0.3, 0.4) is 0 Å². The number of nitrogens with zero attached hydrogens (tertiary/aromatic N) is 5. The molecule has 0 radical (unpaired) electrons. The van der Waals surface area contributed by atoms with Crippen LogP contribution < -0.4 is 5.32 Å². The first-order chi connectivity index (χ1) is 10.2. The molecular formula is C14H8N6O. The van der Waals surface area contributed by atoms with E-state index in [0.29, 0.717) is 11.3 Å². The highest BCUT2D eigenvalue weighted by molar-refractivity contribution is 5.92. The molecule has 0 aliphatic heterocycles. The number of carbonyl (C=O) groups is 1. The molecule has 1 aromatic heterocycles. The second-order valence-electron chi connectivity index (χ2n) is 3.97. The molecule has 0 saturated carbocycles. The number of anilines is 1. The average Bonchev–Trinajstić information content (AvgIpc) is 2.90. The molecule has 0 saturated heterocycles. The van der Waals surface area contributed by atoms with E-state index in [0.717, 1.165) is 0 Å². The lowest BCUT2D eigenvalue weighted by Gasteiger charge is -2.09. The number of carbonyl (C=O) groups excluding carboxylic acids is 1. The Kier molecular flexibility index (Phi) is 3.95. The van der Waals surface area contributed by atoms with Crippen molar-refractivity contribution in [3.05, 3.63) is 41.9 Å². The van der Waals surface area contributed by atoms with Gasteiger partial charge in [0.2, 0.25) is 5.91 Å². The Morgan fingerprint density at radius 1 is 1.19 bits per heavy atom. The summed E-state index contributed by atoms with van der Waals surface area (Å²) in [6, 6.07) is 12.2. The predicted octanol–water partition coefficient (Wildman–Crippen LogP) is 1.47. The van der Waals surface area contributed by atoms with Crippen LogP contribution in [-0.4, -0.2) is 15.5 Å². The quantitative estimate of drug-likeness (QED) is 0.910. The Morgan fingerprint density at radius 2 is 1.90 bits per heavy atom. The number of imidazole rings is 1. The van der Waals surface area contributed by atoms with Gasteiger partial charge in [-0.2, -0.15) is 15.8 Å². The van der Waals surface area contributed by atoms with Crippen LogP contribution in [-0.2, 0) is 4.79 Å². The van der Waals surface area contributed by atoms with E-state index in [1.54, 1.807) is 30.3 Å². The molecule has 21 heavy (non-hydrogen) atoms. The third-order valence-corrected chi connectivity index (χ3v) is 2.65. The van der Waals surface area contributed by atoms with Gasteiger partial charge in [0.15, 0.2) is 11.5 Å². The van der Waals surface area contributed by atoms with Crippen molar-refractivity contribution in [3.8, 4) is 23.9 Å². The molecule has 100 valence electrons. The fourth-order valence-electron chi connectivity index (χ4n) is 1.69. The van der Waals surface area contributed by atoms with E-state index in [9.17, 15) is 4.79 Å². The fraction of sp³-hybridized carbons (Fsp3) is 0.0714. The molecule has 0 aliphatic carbocycles. The monoisotopic (exact) mass is 276 g/mol. The van der Waals surface area contributed by atoms with Crippen molar-refractivity contribution in [3.63, 3.8) is 0 Å². The third kappa shape index (κ3) is 2.86. The molecule has 2 rings (SSSR count). The van der Waals surface area contributed by atoms with Gasteiger partial charge in [-0.3, -0.25) is 9.36 Å². The minimum Gasteiger partial charge on any atom is -0.308 e. The molecule has 7 nitrogen and oxygen atoms in total. The van der Waals surface area contributed by atoms with Gasteiger partial charge in [0.1, 0.15) is 18.8 Å². The summed E-state index contributed by atoms with van der Waals surface area (Å²) in [5, 5.41) is 28.8. The van der Waals surface area contributed by atoms with Crippen LogP contribution in [0.15, 0.2) is 30.6 Å². The Labute approximate surface area is 120 Å². The van der Waals surface area contributed by atoms with Crippen molar-refractivity contribution in [2.24, 2.45) is 0 Å². The number of hydrogen-bond acceptors (Lipinski definition) is 5. The average molecular weight is 276 g/mol. The van der Waals surface area contributed by atoms with Crippen LogP contribution in [0, 0.1) is 34.0 Å². The summed E-state index contributed by atoms with van der Waals surface area (Å²) in [4.78, 5) is 15.4. The zero-order chi connectivity index (χ0) is 15.2. The minimum absolute atomic E-state index is 0.0469. The SMILES string of the molecule is N#CCC(=O)Nc1c(C#N)ncn1-c1ccc(C#N)cc1. The maximum atomic E-state index is 11.5. The molecule has 0 atom stereocenters. The van der Waals surface area contributed by atoms with Crippen molar-refractivity contribution in [1.82, 2.24) is 9.55 Å². The molecule has 0 unspecified atom stereocenters. The van der Waals surface area contributed by atoms with Crippen molar-refractivity contribution in [2.45, 2.75) is 6.42 Å². The maximum absolute atomic E-state index is 11.5. The largest absolute Gasteiger partial charge is 0.308 e. The highest BCUT2D eigenvalue weighted by atomic mass is 16.1. The Hall–Kier alpha value is -3.63. The standard InChI is InChI=1S/C14H8N6O/c15-6-5-13(21)19-14-12(8-17)18-9-20(14)11-3-1-10(7-16)2-4-11/h1-4,9H,5H2,(H,19,21). The molecule has 0 spiro atoms. The van der Waals surface area contributed by atoms with E-state index in [1.165, 1.54) is 10.9 Å². The first kappa shape index (κ1) is 13.8. The number of amides is 1. The number of nitriles is 3. The lowest BCUT2D eigenvalue weighted by molar-refractivity contribution is -0.115. The molecule has 0 bridgehead atoms. The van der Waals surface area contributed by atoms with E-state index in [4.69, 9.17) is 15.8 Å². The molecule has 0 aliphatic rings. The zero-order valence-corrected chi connectivity index (χ0v) is 10.7. The van der Waals surface area contributed by atoms with Gasteiger partial charge < -0.3 is 5.32 Å². The van der Waals surface area contributed by atoms with Gasteiger partial charge >= 0.3 is 0 Å². The number of hydrogen-bond donors (Lipinski definition) is 1. The zero-order valence-electron chi connectivity index (χ0n) is 10.7. The Bertz CT molecular complexity index is 798. The molecule has 1 aromatic carbocycles. The number of aromatic nitrogens is 2. The van der Waals surface area contributed by atoms with Gasteiger partial charge in [-0.05, 0) is 24.3 Å².